The molecule has 1 fully saturated rings. The predicted molar refractivity (Wildman–Crippen MR) is 68.0 cm³/mol. The number of nitrogens with zero attached hydrogens (tertiary/aromatic N) is 1. The van der Waals surface area contributed by atoms with Crippen LogP contribution in [0.5, 0.6) is 0 Å². The van der Waals surface area contributed by atoms with E-state index in [0.29, 0.717) is 0 Å². The van der Waals surface area contributed by atoms with Gasteiger partial charge in [0.25, 0.3) is 0 Å². The molecule has 90 valence electrons. The largest absolute Gasteiger partial charge is 0.298 e. The summed E-state index contributed by atoms with van der Waals surface area (Å²) in [7, 11) is 0. The van der Waals surface area contributed by atoms with Gasteiger partial charge in [-0.25, -0.2) is 0 Å². The van der Waals surface area contributed by atoms with Crippen molar-refractivity contribution in [2.45, 2.75) is 66.5 Å². The molecule has 1 rings (SSSR count). The van der Waals surface area contributed by atoms with Gasteiger partial charge < -0.3 is 0 Å². The molecule has 0 radical (unpaired) electrons. The van der Waals surface area contributed by atoms with Crippen LogP contribution in [0.1, 0.15) is 54.4 Å². The molecule has 15 heavy (non-hydrogen) atoms. The van der Waals surface area contributed by atoms with Crippen LogP contribution < -0.4 is 0 Å². The van der Waals surface area contributed by atoms with Crippen LogP contribution >= 0.6 is 0 Å². The van der Waals surface area contributed by atoms with Crippen molar-refractivity contribution in [3.8, 4) is 0 Å². The molecule has 0 bridgehead atoms. The molecule has 0 aromatic carbocycles. The predicted octanol–water partition coefficient (Wildman–Crippen LogP) is 3.79. The summed E-state index contributed by atoms with van der Waals surface area (Å²) in [6.07, 6.45) is 2.82. The third kappa shape index (κ3) is 2.96. The van der Waals surface area contributed by atoms with Gasteiger partial charge in [-0.05, 0) is 51.0 Å². The summed E-state index contributed by atoms with van der Waals surface area (Å²) in [4.78, 5) is 2.73. The van der Waals surface area contributed by atoms with Crippen LogP contribution in [0, 0.1) is 17.8 Å². The normalized spacial score (nSPS) is 24.0. The van der Waals surface area contributed by atoms with Gasteiger partial charge >= 0.3 is 0 Å². The number of likely N-dealkylation sites (tertiary alicyclic amines) is 1. The standard InChI is InChI=1S/C14H29N/c1-10(2)14(11(3)4)13-8-7-9-15(13)12(5)6/h10-14H,7-9H2,1-6H3. The lowest BCUT2D eigenvalue weighted by Crippen LogP contribution is -2.43. The van der Waals surface area contributed by atoms with Crippen molar-refractivity contribution in [2.24, 2.45) is 17.8 Å². The van der Waals surface area contributed by atoms with Crippen molar-refractivity contribution in [2.75, 3.05) is 6.54 Å². The van der Waals surface area contributed by atoms with Crippen LogP contribution in [0.3, 0.4) is 0 Å². The fourth-order valence-electron chi connectivity index (χ4n) is 3.53. The van der Waals surface area contributed by atoms with Gasteiger partial charge in [-0.2, -0.15) is 0 Å². The third-order valence-electron chi connectivity index (χ3n) is 3.99. The fourth-order valence-corrected chi connectivity index (χ4v) is 3.53. The zero-order valence-corrected chi connectivity index (χ0v) is 11.5. The quantitative estimate of drug-likeness (QED) is 0.684. The molecule has 0 aromatic heterocycles. The second-order valence-corrected chi connectivity index (χ2v) is 6.11. The molecule has 0 N–H and O–H groups in total. The molecule has 0 saturated carbocycles. The van der Waals surface area contributed by atoms with E-state index in [9.17, 15) is 0 Å². The first kappa shape index (κ1) is 13.0. The molecule has 1 nitrogen and oxygen atoms in total. The maximum atomic E-state index is 2.73. The molecule has 1 heterocycles. The van der Waals surface area contributed by atoms with E-state index in [0.717, 1.165) is 29.8 Å². The zero-order chi connectivity index (χ0) is 11.6. The first-order chi connectivity index (χ1) is 6.95. The molecule has 1 atom stereocenters. The Balaban J connectivity index is 2.74. The summed E-state index contributed by atoms with van der Waals surface area (Å²) >= 11 is 0. The molecule has 0 aromatic rings. The summed E-state index contributed by atoms with van der Waals surface area (Å²) in [6.45, 7) is 15.6. The lowest BCUT2D eigenvalue weighted by molar-refractivity contribution is 0.0967. The van der Waals surface area contributed by atoms with E-state index in [1.54, 1.807) is 0 Å². The summed E-state index contributed by atoms with van der Waals surface area (Å²) in [5.41, 5.74) is 0. The zero-order valence-electron chi connectivity index (χ0n) is 11.5. The van der Waals surface area contributed by atoms with E-state index < -0.39 is 0 Å². The molecular formula is C14H29N. The Bertz CT molecular complexity index is 176. The minimum atomic E-state index is 0.720. The minimum absolute atomic E-state index is 0.720. The Morgan fingerprint density at radius 2 is 1.47 bits per heavy atom. The van der Waals surface area contributed by atoms with Crippen LogP contribution in [0.4, 0.5) is 0 Å². The molecule has 0 aliphatic carbocycles. The average molecular weight is 211 g/mol. The molecular weight excluding hydrogens is 182 g/mol. The minimum Gasteiger partial charge on any atom is -0.298 e. The van der Waals surface area contributed by atoms with Crippen LogP contribution in [0.15, 0.2) is 0 Å². The van der Waals surface area contributed by atoms with Gasteiger partial charge in [0.05, 0.1) is 0 Å². The van der Waals surface area contributed by atoms with E-state index in [4.69, 9.17) is 0 Å². The molecule has 1 unspecified atom stereocenters. The first-order valence-electron chi connectivity index (χ1n) is 6.70. The van der Waals surface area contributed by atoms with Gasteiger partial charge in [-0.3, -0.25) is 4.90 Å². The molecule has 0 amide bonds. The Hall–Kier alpha value is -0.0400. The van der Waals surface area contributed by atoms with Crippen molar-refractivity contribution in [3.05, 3.63) is 0 Å². The summed E-state index contributed by atoms with van der Waals surface area (Å²) < 4.78 is 0. The monoisotopic (exact) mass is 211 g/mol. The second-order valence-electron chi connectivity index (χ2n) is 6.11. The Kier molecular flexibility index (Phi) is 4.64. The summed E-state index contributed by atoms with van der Waals surface area (Å²) in [5, 5.41) is 0. The highest BCUT2D eigenvalue weighted by Crippen LogP contribution is 2.34. The van der Waals surface area contributed by atoms with Gasteiger partial charge in [0.2, 0.25) is 0 Å². The van der Waals surface area contributed by atoms with Crippen molar-refractivity contribution in [1.29, 1.82) is 0 Å². The summed E-state index contributed by atoms with van der Waals surface area (Å²) in [5.74, 6) is 2.50. The van der Waals surface area contributed by atoms with E-state index >= 15 is 0 Å². The maximum absolute atomic E-state index is 2.73. The highest BCUT2D eigenvalue weighted by atomic mass is 15.2. The number of hydrogen-bond acceptors (Lipinski definition) is 1. The first-order valence-corrected chi connectivity index (χ1v) is 6.70. The van der Waals surface area contributed by atoms with E-state index in [-0.39, 0.29) is 0 Å². The second kappa shape index (κ2) is 5.34. The smallest absolute Gasteiger partial charge is 0.0132 e. The number of rotatable bonds is 4. The Morgan fingerprint density at radius 1 is 0.933 bits per heavy atom. The van der Waals surface area contributed by atoms with E-state index in [1.165, 1.54) is 19.4 Å². The van der Waals surface area contributed by atoms with Crippen LogP contribution in [-0.2, 0) is 0 Å². The van der Waals surface area contributed by atoms with Crippen LogP contribution in [0.25, 0.3) is 0 Å². The summed E-state index contributed by atoms with van der Waals surface area (Å²) in [6, 6.07) is 1.56. The molecule has 1 heteroatoms. The average Bonchev–Trinajstić information content (AvgIpc) is 2.51. The fraction of sp³-hybridized carbons (Fsp3) is 1.00. The topological polar surface area (TPSA) is 3.24 Å². The van der Waals surface area contributed by atoms with Gasteiger partial charge in [0, 0.05) is 12.1 Å². The van der Waals surface area contributed by atoms with Crippen LogP contribution in [0.2, 0.25) is 0 Å². The van der Waals surface area contributed by atoms with Gasteiger partial charge in [-0.1, -0.05) is 27.7 Å². The lowest BCUT2D eigenvalue weighted by Gasteiger charge is -2.38. The maximum Gasteiger partial charge on any atom is 0.0132 e. The van der Waals surface area contributed by atoms with Crippen molar-refractivity contribution >= 4 is 0 Å². The molecule has 0 spiro atoms. The SMILES string of the molecule is CC(C)C(C(C)C)C1CCCN1C(C)C. The van der Waals surface area contributed by atoms with Crippen molar-refractivity contribution in [3.63, 3.8) is 0 Å². The Labute approximate surface area is 96.2 Å². The third-order valence-corrected chi connectivity index (χ3v) is 3.99. The molecule has 1 saturated heterocycles. The number of hydrogen-bond donors (Lipinski definition) is 0. The van der Waals surface area contributed by atoms with Crippen LogP contribution in [-0.4, -0.2) is 23.5 Å². The van der Waals surface area contributed by atoms with Gasteiger partial charge in [0.1, 0.15) is 0 Å². The van der Waals surface area contributed by atoms with Gasteiger partial charge in [0.15, 0.2) is 0 Å². The van der Waals surface area contributed by atoms with Crippen molar-refractivity contribution in [1.82, 2.24) is 4.90 Å². The van der Waals surface area contributed by atoms with Gasteiger partial charge in [-0.15, -0.1) is 0 Å². The van der Waals surface area contributed by atoms with Crippen molar-refractivity contribution < 1.29 is 0 Å². The highest BCUT2D eigenvalue weighted by molar-refractivity contribution is 4.89. The Morgan fingerprint density at radius 3 is 1.87 bits per heavy atom. The highest BCUT2D eigenvalue weighted by Gasteiger charge is 2.35. The molecule has 1 aliphatic rings. The molecule has 1 aliphatic heterocycles. The lowest BCUT2D eigenvalue weighted by atomic mass is 9.78. The van der Waals surface area contributed by atoms with E-state index in [2.05, 4.69) is 46.4 Å². The van der Waals surface area contributed by atoms with E-state index in [1.807, 2.05) is 0 Å².